The first-order valence-corrected chi connectivity index (χ1v) is 15.2. The number of unbranched alkanes of at least 4 members (excludes halogenated alkanes) is 2. The molecule has 0 heterocycles. The summed E-state index contributed by atoms with van der Waals surface area (Å²) in [6.07, 6.45) is 32.9. The summed E-state index contributed by atoms with van der Waals surface area (Å²) in [5.74, 6) is 5.29. The van der Waals surface area contributed by atoms with Crippen LogP contribution in [0.25, 0.3) is 0 Å². The number of aryl methyl sites for hydroxylation is 1. The molecule has 3 aliphatic rings. The van der Waals surface area contributed by atoms with Crippen molar-refractivity contribution in [3.05, 3.63) is 59.7 Å². The summed E-state index contributed by atoms with van der Waals surface area (Å²) in [5.41, 5.74) is 3.02. The van der Waals surface area contributed by atoms with Crippen LogP contribution in [-0.4, -0.2) is 0 Å². The minimum Gasteiger partial charge on any atom is -0.0848 e. The van der Waals surface area contributed by atoms with E-state index in [0.29, 0.717) is 11.8 Å². The van der Waals surface area contributed by atoms with Crippen molar-refractivity contribution in [2.75, 3.05) is 0 Å². The van der Waals surface area contributed by atoms with E-state index in [0.717, 1.165) is 23.7 Å². The van der Waals surface area contributed by atoms with Gasteiger partial charge in [0.1, 0.15) is 0 Å². The second kappa shape index (κ2) is 13.7. The second-order valence-corrected chi connectivity index (χ2v) is 12.1. The Bertz CT molecular complexity index is 737. The highest BCUT2D eigenvalue weighted by molar-refractivity contribution is 5.29. The summed E-state index contributed by atoms with van der Waals surface area (Å²) < 4.78 is 0. The Morgan fingerprint density at radius 3 is 2.00 bits per heavy atom. The third-order valence-corrected chi connectivity index (χ3v) is 9.58. The van der Waals surface area contributed by atoms with Crippen molar-refractivity contribution in [2.45, 2.75) is 122 Å². The molecule has 0 N–H and O–H groups in total. The molecule has 4 rings (SSSR count). The number of allylic oxidation sites excluding steroid dienone is 4. The van der Waals surface area contributed by atoms with Gasteiger partial charge in [0.25, 0.3) is 0 Å². The van der Waals surface area contributed by atoms with E-state index >= 15 is 0 Å². The van der Waals surface area contributed by atoms with E-state index in [-0.39, 0.29) is 0 Å². The Morgan fingerprint density at radius 1 is 0.676 bits per heavy atom. The predicted octanol–water partition coefficient (Wildman–Crippen LogP) is 10.4. The maximum absolute atomic E-state index is 2.61. The molecule has 0 heteroatoms. The normalized spacial score (nSPS) is 32.3. The standard InChI is InChI=1S/C34H52/c1-3-5-6-8-28-13-21-32(22-14-28)34-25-17-30(18-26-34)10-9-29-15-23-33(24-16-29)31-19-11-27(7-4-2)12-20-31/h9-10,13-14,17,21-22,25,27,29-31,33-34H,3-8,11-12,15-16,18-20,23-24,26H2,1-2H3/b10-9+. The average Bonchev–Trinajstić information content (AvgIpc) is 2.89. The Morgan fingerprint density at radius 2 is 1.38 bits per heavy atom. The summed E-state index contributed by atoms with van der Waals surface area (Å²) in [6, 6.07) is 9.53. The minimum atomic E-state index is 0.622. The van der Waals surface area contributed by atoms with Crippen LogP contribution in [0.2, 0.25) is 0 Å². The third kappa shape index (κ3) is 7.60. The van der Waals surface area contributed by atoms with Crippen LogP contribution in [0.15, 0.2) is 48.6 Å². The van der Waals surface area contributed by atoms with E-state index < -0.39 is 0 Å². The first-order chi connectivity index (χ1) is 16.7. The SMILES string of the molecule is CCCCCc1ccc(C2C=CC(/C=C/C3CCC(C4CCC(CCC)CC4)CC3)CC2)cc1. The van der Waals surface area contributed by atoms with Crippen molar-refractivity contribution in [2.24, 2.45) is 29.6 Å². The van der Waals surface area contributed by atoms with Crippen LogP contribution in [0.1, 0.15) is 127 Å². The highest BCUT2D eigenvalue weighted by Gasteiger charge is 2.30. The van der Waals surface area contributed by atoms with Gasteiger partial charge >= 0.3 is 0 Å². The fraction of sp³-hybridized carbons (Fsp3) is 0.706. The van der Waals surface area contributed by atoms with Crippen LogP contribution in [0, 0.1) is 29.6 Å². The molecule has 0 nitrogen and oxygen atoms in total. The molecule has 1 aromatic carbocycles. The van der Waals surface area contributed by atoms with Gasteiger partial charge in [-0.2, -0.15) is 0 Å². The smallest absolute Gasteiger partial charge is 0.00185 e. The predicted molar refractivity (Wildman–Crippen MR) is 149 cm³/mol. The summed E-state index contributed by atoms with van der Waals surface area (Å²) in [6.45, 7) is 4.64. The second-order valence-electron chi connectivity index (χ2n) is 12.1. The molecule has 0 spiro atoms. The largest absolute Gasteiger partial charge is 0.0848 e. The maximum Gasteiger partial charge on any atom is 0.00185 e. The zero-order valence-corrected chi connectivity index (χ0v) is 22.4. The van der Waals surface area contributed by atoms with Crippen molar-refractivity contribution >= 4 is 0 Å². The van der Waals surface area contributed by atoms with E-state index in [1.807, 2.05) is 0 Å². The lowest BCUT2D eigenvalue weighted by Crippen LogP contribution is -2.25. The quantitative estimate of drug-likeness (QED) is 0.240. The van der Waals surface area contributed by atoms with Gasteiger partial charge < -0.3 is 0 Å². The number of benzene rings is 1. The monoisotopic (exact) mass is 460 g/mol. The summed E-state index contributed by atoms with van der Waals surface area (Å²) >= 11 is 0. The Kier molecular flexibility index (Phi) is 10.4. The van der Waals surface area contributed by atoms with Gasteiger partial charge in [-0.05, 0) is 105 Å². The van der Waals surface area contributed by atoms with Crippen LogP contribution < -0.4 is 0 Å². The Labute approximate surface area is 211 Å². The molecule has 0 aliphatic heterocycles. The minimum absolute atomic E-state index is 0.622. The van der Waals surface area contributed by atoms with Crippen molar-refractivity contribution in [1.82, 2.24) is 0 Å². The lowest BCUT2D eigenvalue weighted by atomic mass is 9.68. The van der Waals surface area contributed by atoms with Gasteiger partial charge in [-0.25, -0.2) is 0 Å². The molecule has 188 valence electrons. The van der Waals surface area contributed by atoms with Gasteiger partial charge in [0.2, 0.25) is 0 Å². The summed E-state index contributed by atoms with van der Waals surface area (Å²) in [7, 11) is 0. The number of rotatable bonds is 10. The van der Waals surface area contributed by atoms with Gasteiger partial charge in [-0.1, -0.05) is 101 Å². The molecule has 0 bridgehead atoms. The van der Waals surface area contributed by atoms with Crippen molar-refractivity contribution in [3.63, 3.8) is 0 Å². The van der Waals surface area contributed by atoms with E-state index in [4.69, 9.17) is 0 Å². The molecule has 0 saturated heterocycles. The van der Waals surface area contributed by atoms with Gasteiger partial charge in [-0.15, -0.1) is 0 Å². The highest BCUT2D eigenvalue weighted by atomic mass is 14.4. The van der Waals surface area contributed by atoms with Crippen molar-refractivity contribution < 1.29 is 0 Å². The fourth-order valence-corrected chi connectivity index (χ4v) is 7.26. The summed E-state index contributed by atoms with van der Waals surface area (Å²) in [5, 5.41) is 0. The Hall–Kier alpha value is -1.30. The van der Waals surface area contributed by atoms with E-state index in [1.54, 1.807) is 0 Å². The first kappa shape index (κ1) is 25.8. The molecule has 2 fully saturated rings. The topological polar surface area (TPSA) is 0 Å². The van der Waals surface area contributed by atoms with Crippen molar-refractivity contribution in [3.8, 4) is 0 Å². The fourth-order valence-electron chi connectivity index (χ4n) is 7.26. The molecule has 2 saturated carbocycles. The average molecular weight is 461 g/mol. The lowest BCUT2D eigenvalue weighted by molar-refractivity contribution is 0.152. The van der Waals surface area contributed by atoms with Crippen LogP contribution in [0.4, 0.5) is 0 Å². The van der Waals surface area contributed by atoms with Gasteiger partial charge in [-0.3, -0.25) is 0 Å². The van der Waals surface area contributed by atoms with Crippen LogP contribution >= 0.6 is 0 Å². The van der Waals surface area contributed by atoms with E-state index in [1.165, 1.54) is 114 Å². The third-order valence-electron chi connectivity index (χ3n) is 9.58. The molecule has 2 unspecified atom stereocenters. The van der Waals surface area contributed by atoms with Crippen LogP contribution in [0.3, 0.4) is 0 Å². The molecule has 0 amide bonds. The van der Waals surface area contributed by atoms with E-state index in [9.17, 15) is 0 Å². The van der Waals surface area contributed by atoms with E-state index in [2.05, 4.69) is 62.4 Å². The molecule has 0 aromatic heterocycles. The molecule has 0 radical (unpaired) electrons. The molecule has 34 heavy (non-hydrogen) atoms. The Balaban J connectivity index is 1.17. The molecule has 1 aromatic rings. The van der Waals surface area contributed by atoms with Gasteiger partial charge in [0.15, 0.2) is 0 Å². The summed E-state index contributed by atoms with van der Waals surface area (Å²) in [4.78, 5) is 0. The van der Waals surface area contributed by atoms with Gasteiger partial charge in [0, 0.05) is 5.92 Å². The maximum atomic E-state index is 2.61. The number of hydrogen-bond donors (Lipinski definition) is 0. The van der Waals surface area contributed by atoms with Crippen LogP contribution in [0.5, 0.6) is 0 Å². The van der Waals surface area contributed by atoms with Gasteiger partial charge in [0.05, 0.1) is 0 Å². The molecule has 2 atom stereocenters. The lowest BCUT2D eigenvalue weighted by Gasteiger charge is -2.37. The zero-order chi connectivity index (χ0) is 23.6. The molecular weight excluding hydrogens is 408 g/mol. The molecular formula is C34H52. The first-order valence-electron chi connectivity index (χ1n) is 15.2. The molecule has 3 aliphatic carbocycles. The number of hydrogen-bond acceptors (Lipinski definition) is 0. The van der Waals surface area contributed by atoms with Crippen LogP contribution in [-0.2, 0) is 6.42 Å². The zero-order valence-electron chi connectivity index (χ0n) is 22.4. The van der Waals surface area contributed by atoms with Crippen molar-refractivity contribution in [1.29, 1.82) is 0 Å². The highest BCUT2D eigenvalue weighted by Crippen LogP contribution is 2.42.